The molecule has 1 aliphatic carbocycles. The fraction of sp³-hybridized carbons (Fsp3) is 0.480. The number of sulfonamides is 1. The van der Waals surface area contributed by atoms with E-state index in [-0.39, 0.29) is 17.9 Å². The number of fused-ring (bicyclic) bond motifs is 1. The van der Waals surface area contributed by atoms with Gasteiger partial charge in [-0.15, -0.1) is 0 Å². The van der Waals surface area contributed by atoms with E-state index in [2.05, 4.69) is 5.32 Å². The molecule has 0 bridgehead atoms. The van der Waals surface area contributed by atoms with Crippen molar-refractivity contribution in [3.05, 3.63) is 54.0 Å². The number of amides is 1. The molecule has 12 nitrogen and oxygen atoms in total. The Balaban J connectivity index is 1.71. The molecule has 0 unspecified atom stereocenters. The first-order valence-electron chi connectivity index (χ1n) is 11.9. The summed E-state index contributed by atoms with van der Waals surface area (Å²) in [5, 5.41) is 14.4. The van der Waals surface area contributed by atoms with Crippen LogP contribution in [0.1, 0.15) is 24.2 Å². The molecule has 206 valence electrons. The first-order valence-corrected chi connectivity index (χ1v) is 13.3. The number of aliphatic hydroxyl groups is 1. The highest BCUT2D eigenvalue weighted by Crippen LogP contribution is 2.51. The van der Waals surface area contributed by atoms with Crippen molar-refractivity contribution in [3.8, 4) is 0 Å². The van der Waals surface area contributed by atoms with Crippen LogP contribution in [0.2, 0.25) is 0 Å². The summed E-state index contributed by atoms with van der Waals surface area (Å²) in [4.78, 5) is 38.2. The molecule has 2 N–H and O–H groups in total. The predicted octanol–water partition coefficient (Wildman–Crippen LogP) is 1.36. The highest BCUT2D eigenvalue weighted by molar-refractivity contribution is 7.89. The van der Waals surface area contributed by atoms with Gasteiger partial charge >= 0.3 is 18.0 Å². The van der Waals surface area contributed by atoms with Gasteiger partial charge in [-0.05, 0) is 37.6 Å². The number of carbonyl (C=O) groups excluding carboxylic acids is 3. The standard InChI is InChI=1S/C25H30N2O10S/c1-16-6-8-18(9-7-16)38(32,33)27-14-24(31)11-19(21(28)34-2)20(22(29)35-3)12-25(24,15-27)37-23(30)26-13-17-5-4-10-36-17/h4-10,19-20,31H,11-15H2,1-3H3,(H,26,30)/t19-,20+,24+,25-/m0/s1. The fourth-order valence-electron chi connectivity index (χ4n) is 5.21. The number of methoxy groups -OCH3 is 2. The van der Waals surface area contributed by atoms with Crippen LogP contribution >= 0.6 is 0 Å². The van der Waals surface area contributed by atoms with E-state index < -0.39 is 70.6 Å². The van der Waals surface area contributed by atoms with Crippen LogP contribution < -0.4 is 5.32 Å². The Labute approximate surface area is 219 Å². The second-order valence-electron chi connectivity index (χ2n) is 9.60. The van der Waals surface area contributed by atoms with Crippen LogP contribution in [-0.4, -0.2) is 74.4 Å². The Bertz CT molecular complexity index is 1290. The number of alkyl carbamates (subject to hydrolysis) is 1. The molecule has 1 aliphatic heterocycles. The molecule has 13 heteroatoms. The first kappa shape index (κ1) is 27.6. The maximum Gasteiger partial charge on any atom is 0.408 e. The minimum Gasteiger partial charge on any atom is -0.469 e. The number of hydrogen-bond acceptors (Lipinski definition) is 10. The van der Waals surface area contributed by atoms with Gasteiger partial charge in [0.2, 0.25) is 10.0 Å². The number of benzene rings is 1. The largest absolute Gasteiger partial charge is 0.469 e. The minimum atomic E-state index is -4.15. The van der Waals surface area contributed by atoms with Gasteiger partial charge in [0.05, 0.1) is 50.3 Å². The molecule has 38 heavy (non-hydrogen) atoms. The van der Waals surface area contributed by atoms with Crippen molar-refractivity contribution < 1.29 is 46.5 Å². The molecule has 0 radical (unpaired) electrons. The molecule has 2 fully saturated rings. The molecule has 1 aromatic carbocycles. The maximum atomic E-state index is 13.5. The van der Waals surface area contributed by atoms with Crippen LogP contribution in [0, 0.1) is 18.8 Å². The van der Waals surface area contributed by atoms with Crippen LogP contribution in [0.15, 0.2) is 52.0 Å². The third-order valence-corrected chi connectivity index (χ3v) is 9.06. The summed E-state index contributed by atoms with van der Waals surface area (Å²) < 4.78 is 48.8. The molecule has 1 saturated carbocycles. The quantitative estimate of drug-likeness (QED) is 0.380. The number of furan rings is 1. The Morgan fingerprint density at radius 2 is 1.68 bits per heavy atom. The number of rotatable bonds is 7. The van der Waals surface area contributed by atoms with Crippen LogP contribution in [0.3, 0.4) is 0 Å². The minimum absolute atomic E-state index is 0.0168. The Kier molecular flexibility index (Phi) is 7.55. The fourth-order valence-corrected chi connectivity index (χ4v) is 6.75. The molecule has 2 heterocycles. The number of nitrogens with zero attached hydrogens (tertiary/aromatic N) is 1. The maximum absolute atomic E-state index is 13.5. The number of esters is 2. The molecule has 1 amide bonds. The van der Waals surface area contributed by atoms with Crippen molar-refractivity contribution in [1.82, 2.24) is 9.62 Å². The second-order valence-corrected chi connectivity index (χ2v) is 11.5. The number of β-amino-alcohol motifs (C(OH)–C–C–N with tert-alkyl or cyclic N) is 1. The van der Waals surface area contributed by atoms with Crippen molar-refractivity contribution in [3.63, 3.8) is 0 Å². The van der Waals surface area contributed by atoms with Gasteiger partial charge in [-0.25, -0.2) is 13.2 Å². The molecule has 2 aliphatic rings. The van der Waals surface area contributed by atoms with E-state index in [1.54, 1.807) is 24.3 Å². The van der Waals surface area contributed by atoms with Crippen LogP contribution in [0.5, 0.6) is 0 Å². The van der Waals surface area contributed by atoms with E-state index in [4.69, 9.17) is 18.6 Å². The Hall–Kier alpha value is -3.42. The number of carbonyl (C=O) groups is 3. The topological polar surface area (TPSA) is 162 Å². The van der Waals surface area contributed by atoms with Gasteiger partial charge in [-0.3, -0.25) is 9.59 Å². The summed E-state index contributed by atoms with van der Waals surface area (Å²) in [6, 6.07) is 9.43. The van der Waals surface area contributed by atoms with Crippen molar-refractivity contribution in [1.29, 1.82) is 0 Å². The van der Waals surface area contributed by atoms with E-state index >= 15 is 0 Å². The van der Waals surface area contributed by atoms with Gasteiger partial charge in [-0.2, -0.15) is 4.31 Å². The van der Waals surface area contributed by atoms with E-state index in [0.717, 1.165) is 24.1 Å². The molecule has 2 aromatic rings. The predicted molar refractivity (Wildman–Crippen MR) is 130 cm³/mol. The third-order valence-electron chi connectivity index (χ3n) is 7.25. The summed E-state index contributed by atoms with van der Waals surface area (Å²) in [5.74, 6) is -3.42. The lowest BCUT2D eigenvalue weighted by molar-refractivity contribution is -0.192. The molecule has 4 atom stereocenters. The smallest absolute Gasteiger partial charge is 0.408 e. The van der Waals surface area contributed by atoms with E-state index in [1.807, 2.05) is 6.92 Å². The van der Waals surface area contributed by atoms with Gasteiger partial charge in [0.1, 0.15) is 11.4 Å². The summed E-state index contributed by atoms with van der Waals surface area (Å²) in [6.45, 7) is 0.857. The third kappa shape index (κ3) is 5.00. The van der Waals surface area contributed by atoms with Crippen molar-refractivity contribution in [2.24, 2.45) is 11.8 Å². The number of aryl methyl sites for hydroxylation is 1. The molecule has 4 rings (SSSR count). The molecule has 1 saturated heterocycles. The summed E-state index contributed by atoms with van der Waals surface area (Å²) in [7, 11) is -1.86. The van der Waals surface area contributed by atoms with Gasteiger partial charge in [0.25, 0.3) is 0 Å². The summed E-state index contributed by atoms with van der Waals surface area (Å²) >= 11 is 0. The molecule has 0 spiro atoms. The Morgan fingerprint density at radius 3 is 2.26 bits per heavy atom. The zero-order chi connectivity index (χ0) is 27.7. The lowest BCUT2D eigenvalue weighted by Crippen LogP contribution is -2.64. The van der Waals surface area contributed by atoms with Crippen LogP contribution in [0.25, 0.3) is 0 Å². The number of ether oxygens (including phenoxy) is 3. The van der Waals surface area contributed by atoms with E-state index in [1.165, 1.54) is 18.4 Å². The highest BCUT2D eigenvalue weighted by Gasteiger charge is 2.68. The Morgan fingerprint density at radius 1 is 1.05 bits per heavy atom. The lowest BCUT2D eigenvalue weighted by Gasteiger charge is -2.48. The average molecular weight is 551 g/mol. The zero-order valence-corrected chi connectivity index (χ0v) is 22.0. The van der Waals surface area contributed by atoms with E-state index in [0.29, 0.717) is 5.76 Å². The molecule has 1 aromatic heterocycles. The summed E-state index contributed by atoms with van der Waals surface area (Å²) in [6.07, 6.45) is -0.302. The number of nitrogens with one attached hydrogen (secondary N) is 1. The van der Waals surface area contributed by atoms with Crippen molar-refractivity contribution in [2.45, 2.75) is 42.4 Å². The van der Waals surface area contributed by atoms with Crippen molar-refractivity contribution in [2.75, 3.05) is 27.3 Å². The van der Waals surface area contributed by atoms with Gasteiger partial charge in [0.15, 0.2) is 5.60 Å². The second kappa shape index (κ2) is 10.4. The van der Waals surface area contributed by atoms with Gasteiger partial charge < -0.3 is 29.1 Å². The van der Waals surface area contributed by atoms with Gasteiger partial charge in [0, 0.05) is 13.0 Å². The average Bonchev–Trinajstić information content (AvgIpc) is 3.51. The highest BCUT2D eigenvalue weighted by atomic mass is 32.2. The monoisotopic (exact) mass is 550 g/mol. The normalized spacial score (nSPS) is 27.3. The zero-order valence-electron chi connectivity index (χ0n) is 21.2. The van der Waals surface area contributed by atoms with Crippen LogP contribution in [0.4, 0.5) is 4.79 Å². The van der Waals surface area contributed by atoms with Crippen molar-refractivity contribution >= 4 is 28.1 Å². The first-order chi connectivity index (χ1) is 17.9. The number of hydrogen-bond donors (Lipinski definition) is 2. The van der Waals surface area contributed by atoms with Crippen LogP contribution in [-0.2, 0) is 40.4 Å². The lowest BCUT2D eigenvalue weighted by atomic mass is 9.64. The van der Waals surface area contributed by atoms with Gasteiger partial charge in [-0.1, -0.05) is 17.7 Å². The SMILES string of the molecule is COC(=O)[C@H]1C[C@@]2(O)CN(S(=O)(=O)c3ccc(C)cc3)C[C@@]2(OC(=O)NCc2ccco2)C[C@H]1C(=O)OC. The molecular formula is C25H30N2O10S. The molecular weight excluding hydrogens is 520 g/mol. The summed E-state index contributed by atoms with van der Waals surface area (Å²) in [5.41, 5.74) is -3.04. The van der Waals surface area contributed by atoms with E-state index in [9.17, 15) is 27.9 Å².